The first-order valence-corrected chi connectivity index (χ1v) is 7.89. The van der Waals surface area contributed by atoms with Crippen molar-refractivity contribution in [3.63, 3.8) is 0 Å². The number of aliphatic hydroxyl groups is 1. The van der Waals surface area contributed by atoms with Gasteiger partial charge < -0.3 is 5.11 Å². The van der Waals surface area contributed by atoms with Crippen LogP contribution in [0.15, 0.2) is 59.7 Å². The molecule has 0 radical (unpaired) electrons. The highest BCUT2D eigenvalue weighted by molar-refractivity contribution is 6.15. The summed E-state index contributed by atoms with van der Waals surface area (Å²) in [4.78, 5) is 9.20. The molecule has 3 nitrogen and oxygen atoms in total. The highest BCUT2D eigenvalue weighted by atomic mass is 19.1. The lowest BCUT2D eigenvalue weighted by Gasteiger charge is -2.34. The summed E-state index contributed by atoms with van der Waals surface area (Å²) in [6.45, 7) is 3.61. The Morgan fingerprint density at radius 1 is 1.08 bits per heavy atom. The number of nitrogens with zero attached hydrogens (tertiary/aromatic N) is 2. The first kappa shape index (κ1) is 15.0. The molecular weight excluding hydrogens is 303 g/mol. The topological polar surface area (TPSA) is 45.5 Å². The summed E-state index contributed by atoms with van der Waals surface area (Å²) in [5.74, 6) is -0.408. The first-order chi connectivity index (χ1) is 11.5. The molecule has 0 saturated carbocycles. The molecule has 3 aromatic rings. The second kappa shape index (κ2) is 5.21. The molecule has 0 bridgehead atoms. The molecule has 24 heavy (non-hydrogen) atoms. The molecule has 0 spiro atoms. The molecule has 2 aromatic carbocycles. The average molecular weight is 320 g/mol. The SMILES string of the molecule is CC1(C)N=C(c2cnc3ccccc3c2)c2cccc(F)c2C1O. The van der Waals surface area contributed by atoms with E-state index in [2.05, 4.69) is 4.98 Å². The number of hydrogen-bond acceptors (Lipinski definition) is 3. The van der Waals surface area contributed by atoms with Crippen molar-refractivity contribution in [2.45, 2.75) is 25.5 Å². The van der Waals surface area contributed by atoms with E-state index in [0.29, 0.717) is 16.8 Å². The van der Waals surface area contributed by atoms with Gasteiger partial charge in [-0.1, -0.05) is 30.3 Å². The minimum Gasteiger partial charge on any atom is -0.386 e. The van der Waals surface area contributed by atoms with E-state index in [4.69, 9.17) is 4.99 Å². The van der Waals surface area contributed by atoms with E-state index in [9.17, 15) is 9.50 Å². The van der Waals surface area contributed by atoms with Crippen molar-refractivity contribution in [3.8, 4) is 0 Å². The van der Waals surface area contributed by atoms with Gasteiger partial charge in [0.2, 0.25) is 0 Å². The fourth-order valence-electron chi connectivity index (χ4n) is 3.20. The Hall–Kier alpha value is -2.59. The van der Waals surface area contributed by atoms with Crippen molar-refractivity contribution in [2.75, 3.05) is 0 Å². The van der Waals surface area contributed by atoms with Crippen molar-refractivity contribution < 1.29 is 9.50 Å². The molecule has 1 unspecified atom stereocenters. The number of fused-ring (bicyclic) bond motifs is 2. The number of aliphatic hydroxyl groups excluding tert-OH is 1. The molecule has 1 aliphatic heterocycles. The van der Waals surface area contributed by atoms with Crippen LogP contribution < -0.4 is 0 Å². The number of benzene rings is 2. The molecule has 1 atom stereocenters. The third kappa shape index (κ3) is 2.22. The molecule has 1 aliphatic rings. The molecule has 1 N–H and O–H groups in total. The Kier molecular flexibility index (Phi) is 3.25. The highest BCUT2D eigenvalue weighted by Gasteiger charge is 2.38. The highest BCUT2D eigenvalue weighted by Crippen LogP contribution is 2.38. The number of aromatic nitrogens is 1. The number of halogens is 1. The zero-order valence-electron chi connectivity index (χ0n) is 13.5. The molecule has 4 heteroatoms. The summed E-state index contributed by atoms with van der Waals surface area (Å²) >= 11 is 0. The Bertz CT molecular complexity index is 978. The van der Waals surface area contributed by atoms with Crippen LogP contribution in [0.3, 0.4) is 0 Å². The Morgan fingerprint density at radius 3 is 2.71 bits per heavy atom. The summed E-state index contributed by atoms with van der Waals surface area (Å²) < 4.78 is 14.4. The van der Waals surface area contributed by atoms with Crippen molar-refractivity contribution in [3.05, 3.63) is 77.2 Å². The maximum absolute atomic E-state index is 14.4. The van der Waals surface area contributed by atoms with Gasteiger partial charge in [0.15, 0.2) is 0 Å². The minimum atomic E-state index is -0.981. The Balaban J connectivity index is 1.97. The average Bonchev–Trinajstić information content (AvgIpc) is 2.58. The van der Waals surface area contributed by atoms with Crippen LogP contribution in [0, 0.1) is 5.82 Å². The van der Waals surface area contributed by atoms with Crippen LogP contribution in [0.4, 0.5) is 4.39 Å². The third-order valence-corrected chi connectivity index (χ3v) is 4.51. The smallest absolute Gasteiger partial charge is 0.129 e. The van der Waals surface area contributed by atoms with E-state index < -0.39 is 17.5 Å². The van der Waals surface area contributed by atoms with Gasteiger partial charge in [-0.05, 0) is 32.0 Å². The maximum Gasteiger partial charge on any atom is 0.129 e. The van der Waals surface area contributed by atoms with E-state index in [1.165, 1.54) is 6.07 Å². The molecular formula is C20H17FN2O. The van der Waals surface area contributed by atoms with Crippen LogP contribution in [0.25, 0.3) is 10.9 Å². The van der Waals surface area contributed by atoms with Crippen LogP contribution in [0.1, 0.15) is 36.6 Å². The number of para-hydroxylation sites is 1. The number of rotatable bonds is 1. The first-order valence-electron chi connectivity index (χ1n) is 7.89. The van der Waals surface area contributed by atoms with Crippen molar-refractivity contribution in [2.24, 2.45) is 4.99 Å². The summed E-state index contributed by atoms with van der Waals surface area (Å²) in [6, 6.07) is 14.7. The van der Waals surface area contributed by atoms with Gasteiger partial charge in [0.05, 0.1) is 16.8 Å². The Labute approximate surface area is 139 Å². The van der Waals surface area contributed by atoms with Crippen molar-refractivity contribution in [1.29, 1.82) is 0 Å². The van der Waals surface area contributed by atoms with Crippen LogP contribution >= 0.6 is 0 Å². The van der Waals surface area contributed by atoms with E-state index in [1.807, 2.05) is 44.2 Å². The minimum absolute atomic E-state index is 0.306. The van der Waals surface area contributed by atoms with Crippen molar-refractivity contribution >= 4 is 16.6 Å². The molecule has 2 heterocycles. The zero-order valence-corrected chi connectivity index (χ0v) is 13.5. The number of hydrogen-bond donors (Lipinski definition) is 1. The standard InChI is InChI=1S/C20H17FN2O/c1-20(2)19(24)17-14(7-5-8-15(17)21)18(23-20)13-10-12-6-3-4-9-16(12)22-11-13/h3-11,19,24H,1-2H3. The zero-order chi connectivity index (χ0) is 16.9. The normalized spacial score (nSPS) is 19.0. The van der Waals surface area contributed by atoms with E-state index in [0.717, 1.165) is 16.5 Å². The lowest BCUT2D eigenvalue weighted by Crippen LogP contribution is -2.35. The van der Waals surface area contributed by atoms with E-state index in [1.54, 1.807) is 18.3 Å². The van der Waals surface area contributed by atoms with E-state index >= 15 is 0 Å². The second-order valence-electron chi connectivity index (χ2n) is 6.63. The third-order valence-electron chi connectivity index (χ3n) is 4.51. The Morgan fingerprint density at radius 2 is 1.88 bits per heavy atom. The summed E-state index contributed by atoms with van der Waals surface area (Å²) in [6.07, 6.45) is 0.773. The van der Waals surface area contributed by atoms with Gasteiger partial charge in [0.25, 0.3) is 0 Å². The van der Waals surface area contributed by atoms with Gasteiger partial charge in [-0.25, -0.2) is 4.39 Å². The quantitative estimate of drug-likeness (QED) is 0.735. The van der Waals surface area contributed by atoms with E-state index in [-0.39, 0.29) is 0 Å². The fourth-order valence-corrected chi connectivity index (χ4v) is 3.20. The van der Waals surface area contributed by atoms with Gasteiger partial charge in [-0.3, -0.25) is 9.98 Å². The molecule has 0 fully saturated rings. The van der Waals surface area contributed by atoms with Gasteiger partial charge in [0.1, 0.15) is 11.9 Å². The monoisotopic (exact) mass is 320 g/mol. The number of aliphatic imine (C=N–C) groups is 1. The maximum atomic E-state index is 14.4. The van der Waals surface area contributed by atoms with Crippen LogP contribution in [0.5, 0.6) is 0 Å². The summed E-state index contributed by atoms with van der Waals surface area (Å²) in [5, 5.41) is 11.5. The van der Waals surface area contributed by atoms with Gasteiger partial charge in [0, 0.05) is 28.3 Å². The molecule has 0 saturated heterocycles. The molecule has 4 rings (SSSR count). The van der Waals surface area contributed by atoms with Crippen LogP contribution in [-0.2, 0) is 0 Å². The summed E-state index contributed by atoms with van der Waals surface area (Å²) in [5.41, 5.74) is 2.51. The molecule has 0 amide bonds. The lowest BCUT2D eigenvalue weighted by atomic mass is 9.82. The fraction of sp³-hybridized carbons (Fsp3) is 0.200. The lowest BCUT2D eigenvalue weighted by molar-refractivity contribution is 0.0995. The largest absolute Gasteiger partial charge is 0.386 e. The second-order valence-corrected chi connectivity index (χ2v) is 6.63. The summed E-state index contributed by atoms with van der Waals surface area (Å²) in [7, 11) is 0. The van der Waals surface area contributed by atoms with Gasteiger partial charge in [-0.2, -0.15) is 0 Å². The predicted molar refractivity (Wildman–Crippen MR) is 92.8 cm³/mol. The van der Waals surface area contributed by atoms with Gasteiger partial charge >= 0.3 is 0 Å². The molecule has 120 valence electrons. The molecule has 1 aromatic heterocycles. The molecule has 0 aliphatic carbocycles. The van der Waals surface area contributed by atoms with Gasteiger partial charge in [-0.15, -0.1) is 0 Å². The van der Waals surface area contributed by atoms with Crippen LogP contribution in [-0.4, -0.2) is 21.3 Å². The predicted octanol–water partition coefficient (Wildman–Crippen LogP) is 4.04. The van der Waals surface area contributed by atoms with Crippen molar-refractivity contribution in [1.82, 2.24) is 4.98 Å². The van der Waals surface area contributed by atoms with Crippen LogP contribution in [0.2, 0.25) is 0 Å². The number of pyridine rings is 1.